The Morgan fingerprint density at radius 3 is 1.47 bits per heavy atom. The van der Waals surface area contributed by atoms with E-state index in [1.165, 1.54) is 0 Å². The van der Waals surface area contributed by atoms with Gasteiger partial charge in [0, 0.05) is 0 Å². The summed E-state index contributed by atoms with van der Waals surface area (Å²) in [6, 6.07) is 0. The van der Waals surface area contributed by atoms with Crippen LogP contribution in [0.5, 0.6) is 0 Å². The van der Waals surface area contributed by atoms with Crippen LogP contribution in [0.15, 0.2) is 0 Å². The number of ketones is 1. The Morgan fingerprint density at radius 1 is 0.800 bits per heavy atom. The summed E-state index contributed by atoms with van der Waals surface area (Å²) in [6.07, 6.45) is -0.543. The van der Waals surface area contributed by atoms with Crippen LogP contribution in [0.3, 0.4) is 0 Å². The predicted molar refractivity (Wildman–Crippen MR) is 36.6 cm³/mol. The molecule has 0 aliphatic carbocycles. The summed E-state index contributed by atoms with van der Waals surface area (Å²) in [4.78, 5) is 20.5. The van der Waals surface area contributed by atoms with Crippen molar-refractivity contribution < 1.29 is 31.5 Å². The van der Waals surface area contributed by atoms with Crippen LogP contribution in [0.2, 0.25) is 0 Å². The van der Waals surface area contributed by atoms with Gasteiger partial charge in [0.25, 0.3) is 0 Å². The third-order valence-corrected chi connectivity index (χ3v) is 1.56. The Labute approximate surface area is 79.3 Å². The fourth-order valence-corrected chi connectivity index (χ4v) is 0.880. The molecule has 0 radical (unpaired) electrons. The van der Waals surface area contributed by atoms with Crippen LogP contribution >= 0.6 is 0 Å². The van der Waals surface area contributed by atoms with Crippen LogP contribution in [-0.2, 0) is 4.79 Å². The number of rotatable bonds is 2. The minimum atomic E-state index is -2.38. The van der Waals surface area contributed by atoms with Gasteiger partial charge in [0.15, 0.2) is 29.6 Å². The monoisotopic (exact) mass is 224 g/mol. The Hall–Kier alpha value is -1.79. The van der Waals surface area contributed by atoms with Crippen molar-refractivity contribution in [2.45, 2.75) is 0 Å². The maximum atomic E-state index is 12.7. The molecular formula is C8HF5O2. The van der Waals surface area contributed by atoms with Gasteiger partial charge in [-0.3, -0.25) is 9.59 Å². The SMILES string of the molecule is O=CC(=O)c1c(F)c(F)c(F)c(F)c1F. The van der Waals surface area contributed by atoms with Gasteiger partial charge in [-0.25, -0.2) is 22.0 Å². The summed E-state index contributed by atoms with van der Waals surface area (Å²) in [6.45, 7) is 0. The number of hydrogen-bond donors (Lipinski definition) is 0. The molecule has 0 fully saturated rings. The summed E-state index contributed by atoms with van der Waals surface area (Å²) in [7, 11) is 0. The summed E-state index contributed by atoms with van der Waals surface area (Å²) < 4.78 is 62.9. The number of benzene rings is 1. The van der Waals surface area contributed by atoms with Crippen molar-refractivity contribution in [3.63, 3.8) is 0 Å². The van der Waals surface area contributed by atoms with Crippen molar-refractivity contribution in [1.29, 1.82) is 0 Å². The first-order valence-corrected chi connectivity index (χ1v) is 3.42. The van der Waals surface area contributed by atoms with Gasteiger partial charge in [-0.1, -0.05) is 0 Å². The van der Waals surface area contributed by atoms with Gasteiger partial charge in [0.2, 0.25) is 11.6 Å². The number of halogens is 5. The number of hydrogen-bond acceptors (Lipinski definition) is 2. The molecular weight excluding hydrogens is 223 g/mol. The molecule has 0 heterocycles. The van der Waals surface area contributed by atoms with E-state index in [0.29, 0.717) is 0 Å². The van der Waals surface area contributed by atoms with Crippen molar-refractivity contribution in [3.8, 4) is 0 Å². The van der Waals surface area contributed by atoms with Gasteiger partial charge in [-0.2, -0.15) is 0 Å². The lowest BCUT2D eigenvalue weighted by Gasteiger charge is -2.03. The zero-order valence-electron chi connectivity index (χ0n) is 6.78. The first-order valence-electron chi connectivity index (χ1n) is 3.42. The van der Waals surface area contributed by atoms with Gasteiger partial charge >= 0.3 is 0 Å². The summed E-state index contributed by atoms with van der Waals surface area (Å²) >= 11 is 0. The van der Waals surface area contributed by atoms with Crippen molar-refractivity contribution in [3.05, 3.63) is 34.6 Å². The second kappa shape index (κ2) is 3.76. The number of aldehydes is 1. The lowest BCUT2D eigenvalue weighted by Crippen LogP contribution is -2.13. The highest BCUT2D eigenvalue weighted by atomic mass is 19.2. The zero-order valence-corrected chi connectivity index (χ0v) is 6.78. The Kier molecular flexibility index (Phi) is 2.83. The maximum Gasteiger partial charge on any atom is 0.231 e. The fraction of sp³-hybridized carbons (Fsp3) is 0. The minimum Gasteiger partial charge on any atom is -0.294 e. The molecule has 2 nitrogen and oxygen atoms in total. The van der Waals surface area contributed by atoms with Crippen LogP contribution in [-0.4, -0.2) is 12.1 Å². The molecule has 0 aromatic heterocycles. The molecule has 0 spiro atoms. The molecule has 0 N–H and O–H groups in total. The zero-order chi connectivity index (χ0) is 11.7. The molecule has 80 valence electrons. The Morgan fingerprint density at radius 2 is 1.13 bits per heavy atom. The number of carbonyl (C=O) groups is 2. The molecule has 7 heteroatoms. The molecule has 0 atom stereocenters. The van der Waals surface area contributed by atoms with Crippen LogP contribution in [0.4, 0.5) is 22.0 Å². The molecule has 0 saturated heterocycles. The highest BCUT2D eigenvalue weighted by Gasteiger charge is 2.29. The quantitative estimate of drug-likeness (QED) is 0.191. The lowest BCUT2D eigenvalue weighted by molar-refractivity contribution is -0.104. The van der Waals surface area contributed by atoms with E-state index in [9.17, 15) is 31.5 Å². The first-order chi connectivity index (χ1) is 6.91. The fourth-order valence-electron chi connectivity index (χ4n) is 0.880. The Bertz CT molecular complexity index is 426. The van der Waals surface area contributed by atoms with E-state index in [1.54, 1.807) is 0 Å². The summed E-state index contributed by atoms with van der Waals surface area (Å²) in [5, 5.41) is 0. The number of Topliss-reactive ketones (excluding diaryl/α,β-unsaturated/α-hetero) is 1. The molecule has 1 aromatic rings. The van der Waals surface area contributed by atoms with Crippen molar-refractivity contribution >= 4 is 12.1 Å². The van der Waals surface area contributed by atoms with Crippen molar-refractivity contribution in [1.82, 2.24) is 0 Å². The molecule has 0 aliphatic heterocycles. The second-order valence-electron chi connectivity index (χ2n) is 2.43. The van der Waals surface area contributed by atoms with E-state index in [1.807, 2.05) is 0 Å². The molecule has 0 aliphatic rings. The second-order valence-corrected chi connectivity index (χ2v) is 2.43. The molecule has 1 aromatic carbocycles. The summed E-state index contributed by atoms with van der Waals surface area (Å²) in [5.41, 5.74) is -1.75. The molecule has 0 unspecified atom stereocenters. The van der Waals surface area contributed by atoms with Crippen LogP contribution in [0.1, 0.15) is 10.4 Å². The molecule has 15 heavy (non-hydrogen) atoms. The van der Waals surface area contributed by atoms with Gasteiger partial charge in [-0.05, 0) is 0 Å². The topological polar surface area (TPSA) is 34.1 Å². The lowest BCUT2D eigenvalue weighted by atomic mass is 10.1. The van der Waals surface area contributed by atoms with Gasteiger partial charge in [-0.15, -0.1) is 0 Å². The standard InChI is InChI=1S/C8HF5O2/c9-4-3(2(15)1-14)5(10)7(12)8(13)6(4)11/h1H. The van der Waals surface area contributed by atoms with E-state index in [4.69, 9.17) is 0 Å². The third-order valence-electron chi connectivity index (χ3n) is 1.56. The minimum absolute atomic E-state index is 0.543. The van der Waals surface area contributed by atoms with E-state index < -0.39 is 46.7 Å². The summed E-state index contributed by atoms with van der Waals surface area (Å²) in [5.74, 6) is -13.4. The normalized spacial score (nSPS) is 10.2. The Balaban J connectivity index is 3.67. The average Bonchev–Trinajstić information content (AvgIpc) is 2.23. The molecule has 0 bridgehead atoms. The van der Waals surface area contributed by atoms with Gasteiger partial charge in [0.05, 0.1) is 0 Å². The van der Waals surface area contributed by atoms with Crippen molar-refractivity contribution in [2.24, 2.45) is 0 Å². The molecule has 1 rings (SSSR count). The largest absolute Gasteiger partial charge is 0.294 e. The van der Waals surface area contributed by atoms with Crippen LogP contribution in [0.25, 0.3) is 0 Å². The molecule has 0 amide bonds. The van der Waals surface area contributed by atoms with Crippen LogP contribution < -0.4 is 0 Å². The van der Waals surface area contributed by atoms with E-state index in [0.717, 1.165) is 0 Å². The van der Waals surface area contributed by atoms with E-state index in [2.05, 4.69) is 0 Å². The maximum absolute atomic E-state index is 12.7. The smallest absolute Gasteiger partial charge is 0.231 e. The highest BCUT2D eigenvalue weighted by Crippen LogP contribution is 2.22. The first kappa shape index (κ1) is 11.3. The van der Waals surface area contributed by atoms with E-state index in [-0.39, 0.29) is 0 Å². The van der Waals surface area contributed by atoms with Crippen molar-refractivity contribution in [2.75, 3.05) is 0 Å². The molecule has 0 saturated carbocycles. The average molecular weight is 224 g/mol. The van der Waals surface area contributed by atoms with Gasteiger partial charge in [0.1, 0.15) is 5.56 Å². The number of carbonyl (C=O) groups excluding carboxylic acids is 2. The predicted octanol–water partition coefficient (Wildman–Crippen LogP) is 1.76. The highest BCUT2D eigenvalue weighted by molar-refractivity contribution is 6.33. The third kappa shape index (κ3) is 1.60. The van der Waals surface area contributed by atoms with E-state index >= 15 is 0 Å². The van der Waals surface area contributed by atoms with Crippen LogP contribution in [0, 0.1) is 29.1 Å². The van der Waals surface area contributed by atoms with Gasteiger partial charge < -0.3 is 0 Å².